The number of amides is 1. The fourth-order valence-electron chi connectivity index (χ4n) is 1.62. The van der Waals surface area contributed by atoms with Gasteiger partial charge in [0.2, 0.25) is 0 Å². The number of hydrogen-bond donors (Lipinski definition) is 1. The number of carbonyl (C=O) groups excluding carboxylic acids is 1. The molecule has 2 rings (SSSR count). The van der Waals surface area contributed by atoms with E-state index in [0.29, 0.717) is 23.5 Å². The summed E-state index contributed by atoms with van der Waals surface area (Å²) in [7, 11) is 0. The van der Waals surface area contributed by atoms with Gasteiger partial charge in [-0.1, -0.05) is 37.3 Å². The highest BCUT2D eigenvalue weighted by Gasteiger charge is 2.10. The average molecular weight is 227 g/mol. The Morgan fingerprint density at radius 3 is 2.59 bits per heavy atom. The first-order valence-corrected chi connectivity index (χ1v) is 5.43. The largest absolute Gasteiger partial charge is 0.365 e. The fraction of sp³-hybridized carbons (Fsp3) is 0.154. The zero-order chi connectivity index (χ0) is 12.3. The van der Waals surface area contributed by atoms with Gasteiger partial charge in [0.05, 0.1) is 11.3 Å². The monoisotopic (exact) mass is 227 g/mol. The lowest BCUT2D eigenvalue weighted by atomic mass is 10.1. The maximum atomic E-state index is 11.2. The molecular weight excluding hydrogens is 214 g/mol. The first-order chi connectivity index (χ1) is 8.22. The standard InChI is InChI=1S/C13H13N3O/c1-2-11-10(12(14)17)8-15-13(16-11)9-6-4-3-5-7-9/h3-8H,2H2,1H3,(H2,14,17). The molecule has 86 valence electrons. The third-order valence-corrected chi connectivity index (χ3v) is 2.50. The van der Waals surface area contributed by atoms with E-state index in [1.807, 2.05) is 37.3 Å². The molecule has 0 bridgehead atoms. The van der Waals surface area contributed by atoms with E-state index in [2.05, 4.69) is 9.97 Å². The zero-order valence-corrected chi connectivity index (χ0v) is 9.55. The Bertz CT molecular complexity index is 538. The SMILES string of the molecule is CCc1nc(-c2ccccc2)ncc1C(N)=O. The third kappa shape index (κ3) is 2.30. The van der Waals surface area contributed by atoms with E-state index in [-0.39, 0.29) is 0 Å². The van der Waals surface area contributed by atoms with Crippen LogP contribution >= 0.6 is 0 Å². The molecule has 0 aliphatic carbocycles. The zero-order valence-electron chi connectivity index (χ0n) is 9.55. The topological polar surface area (TPSA) is 68.9 Å². The summed E-state index contributed by atoms with van der Waals surface area (Å²) < 4.78 is 0. The van der Waals surface area contributed by atoms with Crippen LogP contribution in [0.4, 0.5) is 0 Å². The summed E-state index contributed by atoms with van der Waals surface area (Å²) in [6, 6.07) is 9.64. The van der Waals surface area contributed by atoms with Gasteiger partial charge in [0.25, 0.3) is 5.91 Å². The predicted octanol–water partition coefficient (Wildman–Crippen LogP) is 1.80. The average Bonchev–Trinajstić information content (AvgIpc) is 2.39. The Labute approximate surface area is 99.5 Å². The second-order valence-corrected chi connectivity index (χ2v) is 3.64. The second-order valence-electron chi connectivity index (χ2n) is 3.64. The van der Waals surface area contributed by atoms with Crippen molar-refractivity contribution < 1.29 is 4.79 Å². The van der Waals surface area contributed by atoms with Crippen LogP contribution < -0.4 is 5.73 Å². The Morgan fingerprint density at radius 2 is 2.00 bits per heavy atom. The Kier molecular flexibility index (Phi) is 3.14. The Morgan fingerprint density at radius 1 is 1.29 bits per heavy atom. The normalized spacial score (nSPS) is 10.2. The summed E-state index contributed by atoms with van der Waals surface area (Å²) in [5.74, 6) is 0.133. The van der Waals surface area contributed by atoms with Crippen molar-refractivity contribution in [3.8, 4) is 11.4 Å². The number of rotatable bonds is 3. The van der Waals surface area contributed by atoms with Crippen LogP contribution in [-0.2, 0) is 6.42 Å². The summed E-state index contributed by atoms with van der Waals surface area (Å²) in [5, 5.41) is 0. The lowest BCUT2D eigenvalue weighted by Crippen LogP contribution is -2.15. The van der Waals surface area contributed by atoms with Gasteiger partial charge >= 0.3 is 0 Å². The van der Waals surface area contributed by atoms with Gasteiger partial charge in [-0.3, -0.25) is 4.79 Å². The van der Waals surface area contributed by atoms with Crippen LogP contribution in [0, 0.1) is 0 Å². The summed E-state index contributed by atoms with van der Waals surface area (Å²) in [6.07, 6.45) is 2.15. The van der Waals surface area contributed by atoms with Crippen molar-refractivity contribution >= 4 is 5.91 Å². The van der Waals surface area contributed by atoms with Gasteiger partial charge in [0, 0.05) is 11.8 Å². The lowest BCUT2D eigenvalue weighted by Gasteiger charge is -2.05. The molecule has 0 unspecified atom stereocenters. The van der Waals surface area contributed by atoms with Gasteiger partial charge in [-0.2, -0.15) is 0 Å². The van der Waals surface area contributed by atoms with Gasteiger partial charge in [-0.25, -0.2) is 9.97 Å². The molecule has 4 nitrogen and oxygen atoms in total. The van der Waals surface area contributed by atoms with E-state index >= 15 is 0 Å². The minimum Gasteiger partial charge on any atom is -0.365 e. The van der Waals surface area contributed by atoms with Gasteiger partial charge in [-0.05, 0) is 6.42 Å². The van der Waals surface area contributed by atoms with Gasteiger partial charge in [-0.15, -0.1) is 0 Å². The lowest BCUT2D eigenvalue weighted by molar-refractivity contribution is 0.0998. The molecule has 0 aliphatic heterocycles. The second kappa shape index (κ2) is 4.74. The number of aryl methyl sites for hydroxylation is 1. The molecular formula is C13H13N3O. The maximum Gasteiger partial charge on any atom is 0.252 e. The van der Waals surface area contributed by atoms with Crippen LogP contribution in [0.5, 0.6) is 0 Å². The number of hydrogen-bond acceptors (Lipinski definition) is 3. The van der Waals surface area contributed by atoms with E-state index in [0.717, 1.165) is 5.56 Å². The molecule has 0 atom stereocenters. The number of primary amides is 1. The molecule has 0 saturated carbocycles. The minimum atomic E-state index is -0.485. The molecule has 0 fully saturated rings. The van der Waals surface area contributed by atoms with Gasteiger partial charge in [0.15, 0.2) is 5.82 Å². The summed E-state index contributed by atoms with van der Waals surface area (Å²) >= 11 is 0. The summed E-state index contributed by atoms with van der Waals surface area (Å²) in [5.41, 5.74) is 7.27. The third-order valence-electron chi connectivity index (χ3n) is 2.50. The molecule has 0 spiro atoms. The van der Waals surface area contributed by atoms with Crippen LogP contribution in [0.15, 0.2) is 36.5 Å². The molecule has 0 radical (unpaired) electrons. The summed E-state index contributed by atoms with van der Waals surface area (Å²) in [6.45, 7) is 1.93. The van der Waals surface area contributed by atoms with Crippen molar-refractivity contribution in [3.05, 3.63) is 47.8 Å². The van der Waals surface area contributed by atoms with E-state index in [1.54, 1.807) is 0 Å². The number of nitrogens with zero attached hydrogens (tertiary/aromatic N) is 2. The first kappa shape index (κ1) is 11.3. The van der Waals surface area contributed by atoms with Crippen molar-refractivity contribution in [2.24, 2.45) is 5.73 Å². The van der Waals surface area contributed by atoms with Crippen LogP contribution in [0.3, 0.4) is 0 Å². The molecule has 17 heavy (non-hydrogen) atoms. The minimum absolute atomic E-state index is 0.396. The maximum absolute atomic E-state index is 11.2. The van der Waals surface area contributed by atoms with E-state index in [4.69, 9.17) is 5.73 Å². The highest BCUT2D eigenvalue weighted by Crippen LogP contribution is 2.16. The van der Waals surface area contributed by atoms with Crippen molar-refractivity contribution in [2.45, 2.75) is 13.3 Å². The molecule has 2 aromatic rings. The molecule has 4 heteroatoms. The van der Waals surface area contributed by atoms with Crippen LogP contribution in [0.2, 0.25) is 0 Å². The molecule has 2 N–H and O–H groups in total. The number of carbonyl (C=O) groups is 1. The molecule has 0 aliphatic rings. The summed E-state index contributed by atoms with van der Waals surface area (Å²) in [4.78, 5) is 19.7. The quantitative estimate of drug-likeness (QED) is 0.869. The van der Waals surface area contributed by atoms with E-state index < -0.39 is 5.91 Å². The van der Waals surface area contributed by atoms with E-state index in [9.17, 15) is 4.79 Å². The van der Waals surface area contributed by atoms with Crippen LogP contribution in [0.1, 0.15) is 23.0 Å². The fourth-order valence-corrected chi connectivity index (χ4v) is 1.62. The molecule has 1 aromatic carbocycles. The molecule has 1 aromatic heterocycles. The van der Waals surface area contributed by atoms with Crippen molar-refractivity contribution in [1.82, 2.24) is 9.97 Å². The Balaban J connectivity index is 2.49. The van der Waals surface area contributed by atoms with Crippen LogP contribution in [-0.4, -0.2) is 15.9 Å². The molecule has 0 saturated heterocycles. The van der Waals surface area contributed by atoms with Crippen LogP contribution in [0.25, 0.3) is 11.4 Å². The molecule has 1 amide bonds. The van der Waals surface area contributed by atoms with Gasteiger partial charge in [0.1, 0.15) is 0 Å². The molecule has 1 heterocycles. The predicted molar refractivity (Wildman–Crippen MR) is 65.4 cm³/mol. The van der Waals surface area contributed by atoms with Crippen molar-refractivity contribution in [1.29, 1.82) is 0 Å². The Hall–Kier alpha value is -2.23. The number of benzene rings is 1. The first-order valence-electron chi connectivity index (χ1n) is 5.43. The smallest absolute Gasteiger partial charge is 0.252 e. The highest BCUT2D eigenvalue weighted by molar-refractivity contribution is 5.93. The van der Waals surface area contributed by atoms with E-state index in [1.165, 1.54) is 6.20 Å². The van der Waals surface area contributed by atoms with Crippen molar-refractivity contribution in [2.75, 3.05) is 0 Å². The highest BCUT2D eigenvalue weighted by atomic mass is 16.1. The number of aromatic nitrogens is 2. The van der Waals surface area contributed by atoms with Crippen molar-refractivity contribution in [3.63, 3.8) is 0 Å². The van der Waals surface area contributed by atoms with Gasteiger partial charge < -0.3 is 5.73 Å². The number of nitrogens with two attached hydrogens (primary N) is 1.